The zero-order valence-electron chi connectivity index (χ0n) is 6.18. The number of benzene rings is 1. The lowest BCUT2D eigenvalue weighted by molar-refractivity contribution is 1.62. The topological polar surface area (TPSA) is 0 Å². The minimum atomic E-state index is -0.289. The number of alkyl halides is 3. The van der Waals surface area contributed by atoms with Crippen molar-refractivity contribution in [3.05, 3.63) is 42.0 Å². The third-order valence-electron chi connectivity index (χ3n) is 1.26. The Balaban J connectivity index is 2.71. The third-order valence-corrected chi connectivity index (χ3v) is 2.06. The van der Waals surface area contributed by atoms with Crippen LogP contribution in [-0.4, -0.2) is 2.14 Å². The van der Waals surface area contributed by atoms with E-state index in [2.05, 4.69) is 59.9 Å². The first-order chi connectivity index (χ1) is 5.58. The number of rotatable bonds is 1. The first-order valence-electron chi connectivity index (χ1n) is 3.39. The first kappa shape index (κ1) is 10.5. The van der Waals surface area contributed by atoms with E-state index in [4.69, 9.17) is 0 Å². The standard InChI is InChI=1S/C9H7Br3/c10-9(11,12)7-6-8-4-2-1-3-5-8/h1-7H. The molecule has 3 heteroatoms. The maximum Gasteiger partial charge on any atom is 0.153 e. The summed E-state index contributed by atoms with van der Waals surface area (Å²) in [6.07, 6.45) is 4.00. The van der Waals surface area contributed by atoms with E-state index >= 15 is 0 Å². The number of hydrogen-bond donors (Lipinski definition) is 0. The van der Waals surface area contributed by atoms with E-state index in [1.54, 1.807) is 0 Å². The molecule has 0 amide bonds. The van der Waals surface area contributed by atoms with E-state index in [0.717, 1.165) is 0 Å². The number of allylic oxidation sites excluding steroid dienone is 1. The summed E-state index contributed by atoms with van der Waals surface area (Å²) in [5, 5.41) is 0. The van der Waals surface area contributed by atoms with Crippen LogP contribution in [0.15, 0.2) is 36.4 Å². The highest BCUT2D eigenvalue weighted by Crippen LogP contribution is 2.35. The smallest absolute Gasteiger partial charge is 0.0622 e. The Bertz CT molecular complexity index is 259. The highest BCUT2D eigenvalue weighted by molar-refractivity contribution is 9.39. The lowest BCUT2D eigenvalue weighted by Crippen LogP contribution is -1.90. The molecular formula is C9H7Br3. The van der Waals surface area contributed by atoms with Crippen LogP contribution in [0.3, 0.4) is 0 Å². The molecule has 0 nitrogen and oxygen atoms in total. The van der Waals surface area contributed by atoms with Gasteiger partial charge in [0.15, 0.2) is 2.14 Å². The second-order valence-corrected chi connectivity index (χ2v) is 9.23. The lowest BCUT2D eigenvalue weighted by Gasteiger charge is -2.03. The third kappa shape index (κ3) is 4.43. The van der Waals surface area contributed by atoms with E-state index in [1.165, 1.54) is 5.56 Å². The summed E-state index contributed by atoms with van der Waals surface area (Å²) in [6, 6.07) is 10.1. The molecule has 0 saturated carbocycles. The minimum absolute atomic E-state index is 0.289. The molecule has 1 aromatic rings. The van der Waals surface area contributed by atoms with Crippen LogP contribution in [0.2, 0.25) is 0 Å². The molecule has 0 saturated heterocycles. The predicted molar refractivity (Wildman–Crippen MR) is 65.0 cm³/mol. The maximum atomic E-state index is 3.38. The largest absolute Gasteiger partial charge is 0.153 e. The van der Waals surface area contributed by atoms with Crippen LogP contribution in [-0.2, 0) is 0 Å². The zero-order valence-corrected chi connectivity index (χ0v) is 10.9. The molecule has 0 aliphatic carbocycles. The quantitative estimate of drug-likeness (QED) is 0.650. The van der Waals surface area contributed by atoms with Crippen molar-refractivity contribution < 1.29 is 0 Å². The second kappa shape index (κ2) is 4.58. The molecule has 0 fully saturated rings. The van der Waals surface area contributed by atoms with Crippen LogP contribution in [0.5, 0.6) is 0 Å². The number of halogens is 3. The molecule has 0 radical (unpaired) electrons. The molecule has 0 aromatic heterocycles. The highest BCUT2D eigenvalue weighted by Gasteiger charge is 2.10. The van der Waals surface area contributed by atoms with E-state index < -0.39 is 0 Å². The summed E-state index contributed by atoms with van der Waals surface area (Å²) in [5.41, 5.74) is 1.18. The van der Waals surface area contributed by atoms with Gasteiger partial charge in [-0.25, -0.2) is 0 Å². The molecular weight excluding hydrogens is 348 g/mol. The van der Waals surface area contributed by atoms with Gasteiger partial charge in [-0.2, -0.15) is 0 Å². The zero-order chi connectivity index (χ0) is 9.03. The van der Waals surface area contributed by atoms with Gasteiger partial charge in [0.1, 0.15) is 0 Å². The fourth-order valence-electron chi connectivity index (χ4n) is 0.755. The normalized spacial score (nSPS) is 12.2. The van der Waals surface area contributed by atoms with E-state index in [9.17, 15) is 0 Å². The van der Waals surface area contributed by atoms with Gasteiger partial charge >= 0.3 is 0 Å². The van der Waals surface area contributed by atoms with Crippen molar-refractivity contribution in [2.75, 3.05) is 0 Å². The van der Waals surface area contributed by atoms with Crippen molar-refractivity contribution >= 4 is 53.9 Å². The molecule has 0 aliphatic rings. The number of hydrogen-bond acceptors (Lipinski definition) is 0. The molecule has 12 heavy (non-hydrogen) atoms. The van der Waals surface area contributed by atoms with Crippen molar-refractivity contribution in [1.29, 1.82) is 0 Å². The van der Waals surface area contributed by atoms with Crippen molar-refractivity contribution in [3.63, 3.8) is 0 Å². The highest BCUT2D eigenvalue weighted by atomic mass is 80.0. The van der Waals surface area contributed by atoms with Gasteiger partial charge in [-0.3, -0.25) is 0 Å². The van der Waals surface area contributed by atoms with Crippen LogP contribution in [0.25, 0.3) is 6.08 Å². The Labute approximate surface area is 97.4 Å². The van der Waals surface area contributed by atoms with Gasteiger partial charge in [0, 0.05) is 0 Å². The lowest BCUT2D eigenvalue weighted by atomic mass is 10.2. The molecule has 0 heterocycles. The van der Waals surface area contributed by atoms with E-state index in [-0.39, 0.29) is 2.14 Å². The summed E-state index contributed by atoms with van der Waals surface area (Å²) in [6.45, 7) is 0. The van der Waals surface area contributed by atoms with Gasteiger partial charge in [0.05, 0.1) is 0 Å². The van der Waals surface area contributed by atoms with Crippen LogP contribution >= 0.6 is 47.8 Å². The van der Waals surface area contributed by atoms with Crippen LogP contribution in [0.4, 0.5) is 0 Å². The SMILES string of the molecule is BrC(Br)(Br)C=Cc1ccccc1. The minimum Gasteiger partial charge on any atom is -0.0622 e. The van der Waals surface area contributed by atoms with E-state index in [1.807, 2.05) is 30.4 Å². The van der Waals surface area contributed by atoms with Gasteiger partial charge in [0.25, 0.3) is 0 Å². The molecule has 0 spiro atoms. The van der Waals surface area contributed by atoms with Crippen LogP contribution in [0.1, 0.15) is 5.56 Å². The van der Waals surface area contributed by atoms with Gasteiger partial charge in [0.2, 0.25) is 0 Å². The van der Waals surface area contributed by atoms with E-state index in [0.29, 0.717) is 0 Å². The van der Waals surface area contributed by atoms with Gasteiger partial charge in [-0.15, -0.1) is 0 Å². The molecule has 0 aliphatic heterocycles. The predicted octanol–water partition coefficient (Wildman–Crippen LogP) is 4.54. The monoisotopic (exact) mass is 352 g/mol. The maximum absolute atomic E-state index is 3.38. The van der Waals surface area contributed by atoms with Crippen molar-refractivity contribution in [2.45, 2.75) is 2.14 Å². The molecule has 0 bridgehead atoms. The summed E-state index contributed by atoms with van der Waals surface area (Å²) in [4.78, 5) is 0. The fraction of sp³-hybridized carbons (Fsp3) is 0.111. The Morgan fingerprint density at radius 2 is 1.58 bits per heavy atom. The average molecular weight is 355 g/mol. The van der Waals surface area contributed by atoms with Gasteiger partial charge < -0.3 is 0 Å². The average Bonchev–Trinajstić information content (AvgIpc) is 2.02. The Morgan fingerprint density at radius 1 is 1.00 bits per heavy atom. The van der Waals surface area contributed by atoms with Crippen molar-refractivity contribution in [2.24, 2.45) is 0 Å². The van der Waals surface area contributed by atoms with Gasteiger partial charge in [-0.1, -0.05) is 84.2 Å². The molecule has 1 aromatic carbocycles. The van der Waals surface area contributed by atoms with Crippen molar-refractivity contribution in [1.82, 2.24) is 0 Å². The molecule has 1 rings (SSSR count). The molecule has 0 atom stereocenters. The first-order valence-corrected chi connectivity index (χ1v) is 5.77. The summed E-state index contributed by atoms with van der Waals surface area (Å²) in [7, 11) is 0. The van der Waals surface area contributed by atoms with Crippen LogP contribution < -0.4 is 0 Å². The van der Waals surface area contributed by atoms with Crippen molar-refractivity contribution in [3.8, 4) is 0 Å². The Hall–Kier alpha value is 0.400. The molecule has 0 unspecified atom stereocenters. The Kier molecular flexibility index (Phi) is 4.00. The second-order valence-electron chi connectivity index (χ2n) is 2.29. The van der Waals surface area contributed by atoms with Gasteiger partial charge in [-0.05, 0) is 11.6 Å². The van der Waals surface area contributed by atoms with Crippen LogP contribution in [0, 0.1) is 0 Å². The fourth-order valence-corrected chi connectivity index (χ4v) is 1.15. The molecule has 0 N–H and O–H groups in total. The summed E-state index contributed by atoms with van der Waals surface area (Å²) < 4.78 is -0.289. The summed E-state index contributed by atoms with van der Waals surface area (Å²) >= 11 is 10.1. The molecule has 64 valence electrons. The Morgan fingerprint density at radius 3 is 2.08 bits per heavy atom. The summed E-state index contributed by atoms with van der Waals surface area (Å²) in [5.74, 6) is 0.